The highest BCUT2D eigenvalue weighted by Crippen LogP contribution is 2.28. The average molecular weight is 421 g/mol. The fourth-order valence-corrected chi connectivity index (χ4v) is 5.13. The first-order valence-corrected chi connectivity index (χ1v) is 11.7. The van der Waals surface area contributed by atoms with Crippen LogP contribution in [0.3, 0.4) is 0 Å². The zero-order valence-electron chi connectivity index (χ0n) is 17.0. The van der Waals surface area contributed by atoms with Crippen molar-refractivity contribution in [3.8, 4) is 0 Å². The van der Waals surface area contributed by atoms with E-state index < -0.39 is 0 Å². The number of carbonyl (C=O) groups excluding carboxylic acids is 3. The number of fused-ring (bicyclic) bond motifs is 1. The van der Waals surface area contributed by atoms with E-state index in [1.54, 1.807) is 0 Å². The Balaban J connectivity index is 1.34. The van der Waals surface area contributed by atoms with E-state index in [0.29, 0.717) is 4.88 Å². The zero-order chi connectivity index (χ0) is 20.5. The number of amides is 4. The minimum Gasteiger partial charge on any atom is -0.338 e. The Hall–Kier alpha value is -2.09. The lowest BCUT2D eigenvalue weighted by atomic mass is 9.96. The van der Waals surface area contributed by atoms with Crippen LogP contribution in [0, 0.1) is 0 Å². The third kappa shape index (κ3) is 7.03. The molecule has 7 nitrogen and oxygen atoms in total. The molecule has 0 aliphatic heterocycles. The molecule has 1 aromatic heterocycles. The van der Waals surface area contributed by atoms with Gasteiger partial charge in [-0.3, -0.25) is 20.4 Å². The van der Waals surface area contributed by atoms with Crippen LogP contribution in [0.25, 0.3) is 0 Å². The van der Waals surface area contributed by atoms with Gasteiger partial charge in [0.25, 0.3) is 5.91 Å². The predicted molar refractivity (Wildman–Crippen MR) is 114 cm³/mol. The maximum atomic E-state index is 12.3. The summed E-state index contributed by atoms with van der Waals surface area (Å²) in [5, 5.41) is 5.65. The van der Waals surface area contributed by atoms with E-state index >= 15 is 0 Å². The van der Waals surface area contributed by atoms with E-state index in [1.165, 1.54) is 53.9 Å². The number of rotatable bonds is 5. The molecule has 0 saturated heterocycles. The standard InChI is InChI=1S/C21H32N4O3S/c26-19(12-13-22-21(28)23-16-9-5-3-6-10-16)24-25-20(27)18-14-15-8-4-1-2-7-11-17(15)29-18/h14,16H,1-13H2,(H,24,26)(H,25,27)(H2,22,23,28). The van der Waals surface area contributed by atoms with E-state index in [9.17, 15) is 14.4 Å². The number of carbonyl (C=O) groups is 3. The van der Waals surface area contributed by atoms with E-state index in [4.69, 9.17) is 0 Å². The minimum absolute atomic E-state index is 0.110. The molecular formula is C21H32N4O3S. The van der Waals surface area contributed by atoms with Gasteiger partial charge in [0.1, 0.15) is 0 Å². The van der Waals surface area contributed by atoms with Crippen LogP contribution in [0.15, 0.2) is 6.07 Å². The van der Waals surface area contributed by atoms with Gasteiger partial charge in [0.05, 0.1) is 4.88 Å². The van der Waals surface area contributed by atoms with Crippen molar-refractivity contribution in [3.63, 3.8) is 0 Å². The number of thiophene rings is 1. The fraction of sp³-hybridized carbons (Fsp3) is 0.667. The molecule has 3 rings (SSSR count). The van der Waals surface area contributed by atoms with E-state index in [1.807, 2.05) is 6.07 Å². The molecule has 1 fully saturated rings. The van der Waals surface area contributed by atoms with Gasteiger partial charge >= 0.3 is 6.03 Å². The molecule has 4 N–H and O–H groups in total. The third-order valence-electron chi connectivity index (χ3n) is 5.61. The normalized spacial score (nSPS) is 17.4. The first-order chi connectivity index (χ1) is 14.1. The molecule has 0 bridgehead atoms. The number of hydrazine groups is 1. The van der Waals surface area contributed by atoms with Gasteiger partial charge < -0.3 is 10.6 Å². The van der Waals surface area contributed by atoms with Gasteiger partial charge in [0.15, 0.2) is 0 Å². The van der Waals surface area contributed by atoms with Gasteiger partial charge in [-0.25, -0.2) is 4.79 Å². The molecule has 0 radical (unpaired) electrons. The van der Waals surface area contributed by atoms with Gasteiger partial charge in [0.2, 0.25) is 5.91 Å². The van der Waals surface area contributed by atoms with Crippen LogP contribution in [0.2, 0.25) is 0 Å². The van der Waals surface area contributed by atoms with Crippen molar-refractivity contribution in [1.29, 1.82) is 0 Å². The van der Waals surface area contributed by atoms with Crippen LogP contribution < -0.4 is 21.5 Å². The monoisotopic (exact) mass is 420 g/mol. The number of hydrogen-bond acceptors (Lipinski definition) is 4. The second-order valence-electron chi connectivity index (χ2n) is 7.96. The second-order valence-corrected chi connectivity index (χ2v) is 9.10. The highest BCUT2D eigenvalue weighted by atomic mass is 32.1. The molecule has 29 heavy (non-hydrogen) atoms. The maximum absolute atomic E-state index is 12.3. The van der Waals surface area contributed by atoms with E-state index in [2.05, 4.69) is 21.5 Å². The lowest BCUT2D eigenvalue weighted by molar-refractivity contribution is -0.121. The molecule has 4 amide bonds. The van der Waals surface area contributed by atoms with Crippen LogP contribution in [0.1, 0.15) is 84.3 Å². The summed E-state index contributed by atoms with van der Waals surface area (Å²) in [5.41, 5.74) is 6.20. The first-order valence-electron chi connectivity index (χ1n) is 10.9. The zero-order valence-corrected chi connectivity index (χ0v) is 17.8. The van der Waals surface area contributed by atoms with Crippen molar-refractivity contribution < 1.29 is 14.4 Å². The van der Waals surface area contributed by atoms with Gasteiger partial charge in [-0.2, -0.15) is 0 Å². The van der Waals surface area contributed by atoms with Crippen LogP contribution in [0.4, 0.5) is 4.79 Å². The summed E-state index contributed by atoms with van der Waals surface area (Å²) in [5.74, 6) is -0.607. The van der Waals surface area contributed by atoms with Crippen molar-refractivity contribution in [2.24, 2.45) is 0 Å². The van der Waals surface area contributed by atoms with Crippen molar-refractivity contribution in [2.45, 2.75) is 83.1 Å². The van der Waals surface area contributed by atoms with Gasteiger partial charge in [-0.1, -0.05) is 32.1 Å². The van der Waals surface area contributed by atoms with Crippen molar-refractivity contribution in [2.75, 3.05) is 6.54 Å². The topological polar surface area (TPSA) is 99.3 Å². The summed E-state index contributed by atoms with van der Waals surface area (Å²) in [6.45, 7) is 0.230. The number of aryl methyl sites for hydroxylation is 2. The van der Waals surface area contributed by atoms with Crippen LogP contribution in [-0.2, 0) is 17.6 Å². The Morgan fingerprint density at radius 1 is 0.931 bits per heavy atom. The van der Waals surface area contributed by atoms with Crippen LogP contribution in [0.5, 0.6) is 0 Å². The largest absolute Gasteiger partial charge is 0.338 e. The molecule has 0 aromatic carbocycles. The summed E-state index contributed by atoms with van der Waals surface area (Å²) in [6.07, 6.45) is 12.6. The Morgan fingerprint density at radius 3 is 2.45 bits per heavy atom. The SMILES string of the molecule is O=C(CCNC(=O)NC1CCCCC1)NNC(=O)c1cc2c(s1)CCCCCC2. The summed E-state index contributed by atoms with van der Waals surface area (Å²) in [4.78, 5) is 38.1. The highest BCUT2D eigenvalue weighted by molar-refractivity contribution is 7.14. The highest BCUT2D eigenvalue weighted by Gasteiger charge is 2.17. The van der Waals surface area contributed by atoms with Crippen molar-refractivity contribution in [3.05, 3.63) is 21.4 Å². The molecule has 2 aliphatic rings. The predicted octanol–water partition coefficient (Wildman–Crippen LogP) is 3.19. The minimum atomic E-state index is -0.328. The summed E-state index contributed by atoms with van der Waals surface area (Å²) in [6, 6.07) is 1.97. The number of hydrogen-bond donors (Lipinski definition) is 4. The maximum Gasteiger partial charge on any atom is 0.315 e. The van der Waals surface area contributed by atoms with Crippen LogP contribution in [-0.4, -0.2) is 30.4 Å². The molecule has 0 unspecified atom stereocenters. The molecule has 0 atom stereocenters. The van der Waals surface area contributed by atoms with Crippen molar-refractivity contribution in [1.82, 2.24) is 21.5 Å². The molecule has 1 heterocycles. The second kappa shape index (κ2) is 11.2. The lowest BCUT2D eigenvalue weighted by Crippen LogP contribution is -2.45. The van der Waals surface area contributed by atoms with E-state index in [0.717, 1.165) is 38.5 Å². The smallest absolute Gasteiger partial charge is 0.315 e. The molecule has 2 aliphatic carbocycles. The number of nitrogens with one attached hydrogen (secondary N) is 4. The Bertz CT molecular complexity index is 687. The lowest BCUT2D eigenvalue weighted by Gasteiger charge is -2.22. The first kappa shape index (κ1) is 21.6. The fourth-order valence-electron chi connectivity index (χ4n) is 3.98. The third-order valence-corrected chi connectivity index (χ3v) is 6.85. The molecule has 8 heteroatoms. The van der Waals surface area contributed by atoms with Crippen LogP contribution >= 0.6 is 11.3 Å². The van der Waals surface area contributed by atoms with Gasteiger partial charge in [-0.15, -0.1) is 11.3 Å². The molecule has 1 aromatic rings. The van der Waals surface area contributed by atoms with Crippen molar-refractivity contribution >= 4 is 29.2 Å². The van der Waals surface area contributed by atoms with Gasteiger partial charge in [0, 0.05) is 23.9 Å². The molecule has 160 valence electrons. The van der Waals surface area contributed by atoms with Gasteiger partial charge in [-0.05, 0) is 50.2 Å². The summed E-state index contributed by atoms with van der Waals surface area (Å²) < 4.78 is 0. The summed E-state index contributed by atoms with van der Waals surface area (Å²) in [7, 11) is 0. The Labute approximate surface area is 176 Å². The molecule has 1 saturated carbocycles. The Morgan fingerprint density at radius 2 is 1.66 bits per heavy atom. The van der Waals surface area contributed by atoms with E-state index in [-0.39, 0.29) is 36.9 Å². The molecular weight excluding hydrogens is 388 g/mol. The molecule has 0 spiro atoms. The average Bonchev–Trinajstić information content (AvgIpc) is 3.09. The Kier molecular flexibility index (Phi) is 8.34. The quantitative estimate of drug-likeness (QED) is 0.551. The summed E-state index contributed by atoms with van der Waals surface area (Å²) >= 11 is 1.53. The number of urea groups is 1.